The fraction of sp³-hybridized carbons (Fsp3) is 0.409. The molecule has 0 amide bonds. The molecule has 150 valence electrons. The number of ether oxygens (including phenoxy) is 2. The van der Waals surface area contributed by atoms with Gasteiger partial charge in [-0.2, -0.15) is 0 Å². The molecule has 0 aliphatic carbocycles. The minimum atomic E-state index is -0.922. The predicted molar refractivity (Wildman–Crippen MR) is 110 cm³/mol. The Morgan fingerprint density at radius 2 is 2.04 bits per heavy atom. The maximum absolute atomic E-state index is 11.2. The summed E-state index contributed by atoms with van der Waals surface area (Å²) in [5.41, 5.74) is 3.16. The largest absolute Gasteiger partial charge is 0.490 e. The normalized spacial score (nSPS) is 14.1. The summed E-state index contributed by atoms with van der Waals surface area (Å²) < 4.78 is 11.0. The van der Waals surface area contributed by atoms with E-state index in [4.69, 9.17) is 9.47 Å². The molecule has 1 heterocycles. The quantitative estimate of drug-likeness (QED) is 0.612. The van der Waals surface area contributed by atoms with Crippen molar-refractivity contribution < 1.29 is 19.4 Å². The van der Waals surface area contributed by atoms with Crippen LogP contribution in [0.2, 0.25) is 0 Å². The molecule has 0 radical (unpaired) electrons. The Kier molecular flexibility index (Phi) is 7.14. The molecule has 1 atom stereocenters. The molecule has 6 nitrogen and oxygen atoms in total. The molecule has 0 saturated carbocycles. The van der Waals surface area contributed by atoms with Crippen LogP contribution in [0.1, 0.15) is 18.9 Å². The number of fused-ring (bicyclic) bond motifs is 1. The molecule has 6 heteroatoms. The highest BCUT2D eigenvalue weighted by Gasteiger charge is 2.18. The Labute approximate surface area is 166 Å². The van der Waals surface area contributed by atoms with Crippen molar-refractivity contribution in [3.63, 3.8) is 0 Å². The number of hydrogen-bond donors (Lipinski definition) is 2. The van der Waals surface area contributed by atoms with Gasteiger partial charge in [-0.15, -0.1) is 0 Å². The molecule has 0 aromatic heterocycles. The lowest BCUT2D eigenvalue weighted by atomic mass is 10.1. The minimum absolute atomic E-state index is 0.375. The third-order valence-electron chi connectivity index (χ3n) is 4.78. The van der Waals surface area contributed by atoms with Crippen LogP contribution < -0.4 is 15.0 Å². The van der Waals surface area contributed by atoms with Gasteiger partial charge in [-0.3, -0.25) is 0 Å². The lowest BCUT2D eigenvalue weighted by molar-refractivity contribution is -0.149. The highest BCUT2D eigenvalue weighted by Crippen LogP contribution is 2.30. The Balaban J connectivity index is 1.44. The molecule has 1 aliphatic heterocycles. The van der Waals surface area contributed by atoms with Gasteiger partial charge in [0, 0.05) is 31.8 Å². The Morgan fingerprint density at radius 1 is 1.25 bits per heavy atom. The zero-order valence-electron chi connectivity index (χ0n) is 16.3. The number of nitrogens with one attached hydrogen (secondary N) is 1. The van der Waals surface area contributed by atoms with E-state index in [-0.39, 0.29) is 0 Å². The van der Waals surface area contributed by atoms with Crippen LogP contribution in [-0.4, -0.2) is 50.0 Å². The molecule has 0 spiro atoms. The van der Waals surface area contributed by atoms with Crippen LogP contribution in [0.3, 0.4) is 0 Å². The molecular formula is C22H28N2O4. The van der Waals surface area contributed by atoms with Crippen molar-refractivity contribution in [1.29, 1.82) is 0 Å². The van der Waals surface area contributed by atoms with Gasteiger partial charge >= 0.3 is 5.97 Å². The number of para-hydroxylation sites is 2. The highest BCUT2D eigenvalue weighted by molar-refractivity contribution is 5.72. The first-order chi connectivity index (χ1) is 13.7. The van der Waals surface area contributed by atoms with Gasteiger partial charge in [0.2, 0.25) is 0 Å². The van der Waals surface area contributed by atoms with E-state index in [1.807, 2.05) is 42.5 Å². The predicted octanol–water partition coefficient (Wildman–Crippen LogP) is 3.42. The van der Waals surface area contributed by atoms with Gasteiger partial charge in [0.25, 0.3) is 0 Å². The maximum atomic E-state index is 11.2. The number of benzene rings is 2. The molecular weight excluding hydrogens is 356 g/mol. The molecule has 0 unspecified atom stereocenters. The smallest absolute Gasteiger partial charge is 0.333 e. The van der Waals surface area contributed by atoms with Crippen LogP contribution in [0, 0.1) is 0 Å². The molecule has 3 rings (SSSR count). The second-order valence-electron chi connectivity index (χ2n) is 6.77. The number of aliphatic carboxylic acids is 1. The molecule has 1 aliphatic rings. The van der Waals surface area contributed by atoms with Gasteiger partial charge in [-0.05, 0) is 43.2 Å². The number of rotatable bonds is 10. The van der Waals surface area contributed by atoms with Crippen molar-refractivity contribution in [3.8, 4) is 5.75 Å². The number of nitrogens with zero attached hydrogens (tertiary/aromatic N) is 1. The van der Waals surface area contributed by atoms with Gasteiger partial charge in [-0.25, -0.2) is 4.79 Å². The maximum Gasteiger partial charge on any atom is 0.333 e. The van der Waals surface area contributed by atoms with Crippen molar-refractivity contribution in [2.75, 3.05) is 43.1 Å². The second kappa shape index (κ2) is 9.99. The zero-order chi connectivity index (χ0) is 19.8. The van der Waals surface area contributed by atoms with E-state index < -0.39 is 12.1 Å². The highest BCUT2D eigenvalue weighted by atomic mass is 16.5. The Hall–Kier alpha value is -2.73. The molecule has 0 saturated heterocycles. The topological polar surface area (TPSA) is 71.0 Å². The fourth-order valence-electron chi connectivity index (χ4n) is 3.35. The monoisotopic (exact) mass is 384 g/mol. The number of carbonyl (C=O) groups is 1. The van der Waals surface area contributed by atoms with E-state index in [0.29, 0.717) is 13.0 Å². The molecule has 28 heavy (non-hydrogen) atoms. The van der Waals surface area contributed by atoms with E-state index in [0.717, 1.165) is 49.7 Å². The summed E-state index contributed by atoms with van der Waals surface area (Å²) in [6, 6.07) is 16.1. The fourth-order valence-corrected chi connectivity index (χ4v) is 3.35. The number of carboxylic acids is 1. The molecule has 2 aromatic rings. The van der Waals surface area contributed by atoms with E-state index in [1.165, 1.54) is 5.69 Å². The SMILES string of the molecule is CCO[C@H](Cc1ccc(NCCCN2CCOc3ccccc32)cc1)C(=O)O. The first-order valence-corrected chi connectivity index (χ1v) is 9.81. The van der Waals surface area contributed by atoms with Gasteiger partial charge < -0.3 is 24.8 Å². The number of hydrogen-bond acceptors (Lipinski definition) is 5. The summed E-state index contributed by atoms with van der Waals surface area (Å²) >= 11 is 0. The van der Waals surface area contributed by atoms with E-state index in [9.17, 15) is 9.90 Å². The summed E-state index contributed by atoms with van der Waals surface area (Å²) in [4.78, 5) is 13.6. The van der Waals surface area contributed by atoms with Crippen molar-refractivity contribution in [2.45, 2.75) is 25.9 Å². The summed E-state index contributed by atoms with van der Waals surface area (Å²) in [6.45, 7) is 5.68. The van der Waals surface area contributed by atoms with Crippen molar-refractivity contribution in [3.05, 3.63) is 54.1 Å². The molecule has 0 fully saturated rings. The summed E-state index contributed by atoms with van der Waals surface area (Å²) in [5, 5.41) is 12.6. The third-order valence-corrected chi connectivity index (χ3v) is 4.78. The lowest BCUT2D eigenvalue weighted by Gasteiger charge is -2.31. The van der Waals surface area contributed by atoms with Crippen molar-refractivity contribution in [2.24, 2.45) is 0 Å². The minimum Gasteiger partial charge on any atom is -0.490 e. The summed E-state index contributed by atoms with van der Waals surface area (Å²) in [7, 11) is 0. The van der Waals surface area contributed by atoms with E-state index >= 15 is 0 Å². The van der Waals surface area contributed by atoms with Crippen LogP contribution in [-0.2, 0) is 16.0 Å². The van der Waals surface area contributed by atoms with Gasteiger partial charge in [0.05, 0.1) is 12.2 Å². The number of carboxylic acid groups (broad SMARTS) is 1. The van der Waals surface area contributed by atoms with E-state index in [2.05, 4.69) is 16.3 Å². The molecule has 2 N–H and O–H groups in total. The lowest BCUT2D eigenvalue weighted by Crippen LogP contribution is -2.34. The van der Waals surface area contributed by atoms with Gasteiger partial charge in [-0.1, -0.05) is 24.3 Å². The van der Waals surface area contributed by atoms with Gasteiger partial charge in [0.15, 0.2) is 6.10 Å². The summed E-state index contributed by atoms with van der Waals surface area (Å²) in [5.74, 6) is 0.0396. The van der Waals surface area contributed by atoms with Crippen LogP contribution in [0.15, 0.2) is 48.5 Å². The molecule has 2 aromatic carbocycles. The summed E-state index contributed by atoms with van der Waals surface area (Å²) in [6.07, 6.45) is 0.599. The first-order valence-electron chi connectivity index (χ1n) is 9.81. The van der Waals surface area contributed by atoms with Crippen LogP contribution in [0.25, 0.3) is 0 Å². The van der Waals surface area contributed by atoms with Crippen molar-refractivity contribution >= 4 is 17.3 Å². The molecule has 0 bridgehead atoms. The Morgan fingerprint density at radius 3 is 2.79 bits per heavy atom. The first kappa shape index (κ1) is 20.0. The van der Waals surface area contributed by atoms with Gasteiger partial charge in [0.1, 0.15) is 12.4 Å². The second-order valence-corrected chi connectivity index (χ2v) is 6.77. The zero-order valence-corrected chi connectivity index (χ0v) is 16.3. The van der Waals surface area contributed by atoms with Crippen LogP contribution in [0.4, 0.5) is 11.4 Å². The third kappa shape index (κ3) is 5.39. The average molecular weight is 384 g/mol. The number of anilines is 2. The van der Waals surface area contributed by atoms with Crippen molar-refractivity contribution in [1.82, 2.24) is 0 Å². The van der Waals surface area contributed by atoms with Crippen LogP contribution >= 0.6 is 0 Å². The average Bonchev–Trinajstić information content (AvgIpc) is 2.72. The standard InChI is InChI=1S/C22H28N2O4/c1-2-27-21(22(25)26)16-17-8-10-18(11-9-17)23-12-5-13-24-14-15-28-20-7-4-3-6-19(20)24/h3-4,6-11,21,23H,2,5,12-16H2,1H3,(H,25,26)/t21-/m1/s1. The van der Waals surface area contributed by atoms with E-state index in [1.54, 1.807) is 6.92 Å². The Bertz CT molecular complexity index is 763. The van der Waals surface area contributed by atoms with Crippen LogP contribution in [0.5, 0.6) is 5.75 Å².